The van der Waals surface area contributed by atoms with Gasteiger partial charge in [0.2, 0.25) is 5.91 Å². The van der Waals surface area contributed by atoms with Gasteiger partial charge in [0.15, 0.2) is 11.0 Å². The van der Waals surface area contributed by atoms with Crippen molar-refractivity contribution >= 4 is 35.0 Å². The number of nitrogens with zero attached hydrogens (tertiary/aromatic N) is 5. The van der Waals surface area contributed by atoms with Gasteiger partial charge in [-0.2, -0.15) is 5.10 Å². The van der Waals surface area contributed by atoms with Crippen LogP contribution in [0.4, 0.5) is 5.69 Å². The number of aryl methyl sites for hydroxylation is 2. The number of amides is 1. The normalized spacial score (nSPS) is 11.1. The predicted octanol–water partition coefficient (Wildman–Crippen LogP) is 5.26. The number of unbranched alkanes of at least 4 members (excludes halogenated alkanes) is 3. The summed E-state index contributed by atoms with van der Waals surface area (Å²) in [5.41, 5.74) is 3.48. The molecule has 3 aromatic rings. The van der Waals surface area contributed by atoms with Crippen molar-refractivity contribution in [3.8, 4) is 11.4 Å². The van der Waals surface area contributed by atoms with Crippen LogP contribution in [0.5, 0.6) is 0 Å². The molecule has 2 aromatic heterocycles. The van der Waals surface area contributed by atoms with Gasteiger partial charge in [0, 0.05) is 24.2 Å². The Balaban J connectivity index is 1.73. The molecule has 2 heterocycles. The average molecular weight is 461 g/mol. The molecule has 9 heteroatoms. The summed E-state index contributed by atoms with van der Waals surface area (Å²) < 4.78 is 3.88. The smallest absolute Gasteiger partial charge is 0.234 e. The minimum Gasteiger partial charge on any atom is -0.322 e. The third-order valence-corrected chi connectivity index (χ3v) is 6.38. The van der Waals surface area contributed by atoms with E-state index in [9.17, 15) is 4.79 Å². The molecule has 0 aliphatic carbocycles. The maximum absolute atomic E-state index is 12.6. The lowest BCUT2D eigenvalue weighted by molar-refractivity contribution is -0.113. The molecule has 0 atom stereocenters. The lowest BCUT2D eigenvalue weighted by Gasteiger charge is -2.10. The third kappa shape index (κ3) is 5.89. The van der Waals surface area contributed by atoms with E-state index in [0.717, 1.165) is 53.0 Å². The van der Waals surface area contributed by atoms with Crippen LogP contribution < -0.4 is 5.32 Å². The molecule has 31 heavy (non-hydrogen) atoms. The summed E-state index contributed by atoms with van der Waals surface area (Å²) in [6.07, 6.45) is 4.58. The first-order valence-electron chi connectivity index (χ1n) is 10.5. The number of halogens is 1. The first-order chi connectivity index (χ1) is 14.9. The monoisotopic (exact) mass is 460 g/mol. The second-order valence-electron chi connectivity index (χ2n) is 7.53. The number of nitrogens with one attached hydrogen (secondary N) is 1. The highest BCUT2D eigenvalue weighted by atomic mass is 35.5. The number of carbonyl (C=O) groups excluding carboxylic acids is 1. The van der Waals surface area contributed by atoms with Crippen LogP contribution in [0.1, 0.15) is 44.0 Å². The molecule has 3 rings (SSSR count). The van der Waals surface area contributed by atoms with Crippen LogP contribution in [0.15, 0.2) is 29.4 Å². The first-order valence-corrected chi connectivity index (χ1v) is 11.9. The number of rotatable bonds is 10. The van der Waals surface area contributed by atoms with E-state index in [-0.39, 0.29) is 11.7 Å². The zero-order chi connectivity index (χ0) is 22.4. The molecule has 0 unspecified atom stereocenters. The molecular formula is C22H29ClN6OS. The number of hydrogen-bond acceptors (Lipinski definition) is 5. The van der Waals surface area contributed by atoms with Crippen LogP contribution in [0.2, 0.25) is 5.02 Å². The van der Waals surface area contributed by atoms with Crippen molar-refractivity contribution in [3.05, 3.63) is 40.7 Å². The average Bonchev–Trinajstić information content (AvgIpc) is 3.26. The van der Waals surface area contributed by atoms with Crippen molar-refractivity contribution in [1.29, 1.82) is 0 Å². The molecule has 0 saturated carbocycles. The molecule has 7 nitrogen and oxygen atoms in total. The van der Waals surface area contributed by atoms with Crippen LogP contribution in [-0.4, -0.2) is 36.2 Å². The number of benzene rings is 1. The Bertz CT molecular complexity index is 1030. The molecule has 0 saturated heterocycles. The summed E-state index contributed by atoms with van der Waals surface area (Å²) in [6, 6.07) is 7.60. The number of aromatic nitrogens is 5. The summed E-state index contributed by atoms with van der Waals surface area (Å²) in [5, 5.41) is 17.5. The van der Waals surface area contributed by atoms with Crippen molar-refractivity contribution in [2.45, 2.75) is 58.2 Å². The van der Waals surface area contributed by atoms with E-state index >= 15 is 0 Å². The lowest BCUT2D eigenvalue weighted by atomic mass is 10.2. The van der Waals surface area contributed by atoms with Crippen LogP contribution in [0.25, 0.3) is 11.4 Å². The molecule has 0 radical (unpaired) electrons. The van der Waals surface area contributed by atoms with Crippen LogP contribution >= 0.6 is 23.4 Å². The quantitative estimate of drug-likeness (QED) is 0.330. The number of carbonyl (C=O) groups is 1. The number of thioether (sulfide) groups is 1. The number of hydrogen-bond donors (Lipinski definition) is 1. The van der Waals surface area contributed by atoms with E-state index in [4.69, 9.17) is 11.6 Å². The summed E-state index contributed by atoms with van der Waals surface area (Å²) in [5.74, 6) is 0.967. The van der Waals surface area contributed by atoms with Gasteiger partial charge in [0.1, 0.15) is 0 Å². The van der Waals surface area contributed by atoms with Gasteiger partial charge in [0.25, 0.3) is 0 Å². The van der Waals surface area contributed by atoms with Gasteiger partial charge in [-0.1, -0.05) is 49.5 Å². The van der Waals surface area contributed by atoms with E-state index in [0.29, 0.717) is 5.02 Å². The SMILES string of the molecule is CCCCCCn1c(SCC(=O)Nc2c(C)nn(C)c2C)nnc1-c1ccc(Cl)cc1. The fourth-order valence-electron chi connectivity index (χ4n) is 3.37. The summed E-state index contributed by atoms with van der Waals surface area (Å²) >= 11 is 7.44. The second-order valence-corrected chi connectivity index (χ2v) is 8.91. The van der Waals surface area contributed by atoms with Gasteiger partial charge in [-0.25, -0.2) is 0 Å². The highest BCUT2D eigenvalue weighted by Crippen LogP contribution is 2.26. The van der Waals surface area contributed by atoms with Gasteiger partial charge in [-0.3, -0.25) is 9.48 Å². The fourth-order valence-corrected chi connectivity index (χ4v) is 4.26. The first kappa shape index (κ1) is 23.3. The van der Waals surface area contributed by atoms with Gasteiger partial charge in [0.05, 0.1) is 22.8 Å². The van der Waals surface area contributed by atoms with Gasteiger partial charge in [-0.15, -0.1) is 10.2 Å². The largest absolute Gasteiger partial charge is 0.322 e. The van der Waals surface area contributed by atoms with Gasteiger partial charge in [-0.05, 0) is 44.5 Å². The van der Waals surface area contributed by atoms with Gasteiger partial charge >= 0.3 is 0 Å². The molecule has 0 aliphatic rings. The third-order valence-electron chi connectivity index (χ3n) is 5.16. The highest BCUT2D eigenvalue weighted by molar-refractivity contribution is 7.99. The highest BCUT2D eigenvalue weighted by Gasteiger charge is 2.17. The maximum Gasteiger partial charge on any atom is 0.234 e. The minimum atomic E-state index is -0.0854. The van der Waals surface area contributed by atoms with Crippen LogP contribution in [0, 0.1) is 13.8 Å². The zero-order valence-corrected chi connectivity index (χ0v) is 20.1. The standard InChI is InChI=1S/C22H29ClN6OS/c1-5-6-7-8-13-29-21(17-9-11-18(23)12-10-17)25-26-22(29)31-14-19(30)24-20-15(2)27-28(4)16(20)3/h9-12H,5-8,13-14H2,1-4H3,(H,24,30). The maximum atomic E-state index is 12.6. The minimum absolute atomic E-state index is 0.0854. The molecule has 166 valence electrons. The molecule has 0 bridgehead atoms. The Morgan fingerprint density at radius 2 is 1.87 bits per heavy atom. The van der Waals surface area contributed by atoms with Crippen molar-refractivity contribution < 1.29 is 4.79 Å². The van der Waals surface area contributed by atoms with E-state index in [1.807, 2.05) is 45.2 Å². The topological polar surface area (TPSA) is 77.6 Å². The fraction of sp³-hybridized carbons (Fsp3) is 0.455. The van der Waals surface area contributed by atoms with E-state index in [1.165, 1.54) is 24.6 Å². The molecule has 0 spiro atoms. The predicted molar refractivity (Wildman–Crippen MR) is 127 cm³/mol. The summed E-state index contributed by atoms with van der Waals surface area (Å²) in [7, 11) is 1.87. The van der Waals surface area contributed by atoms with Gasteiger partial charge < -0.3 is 9.88 Å². The molecule has 1 aromatic carbocycles. The summed E-state index contributed by atoms with van der Waals surface area (Å²) in [4.78, 5) is 12.6. The molecule has 0 aliphatic heterocycles. The second kappa shape index (κ2) is 10.8. The Hall–Kier alpha value is -2.32. The Labute approximate surface area is 192 Å². The van der Waals surface area contributed by atoms with Crippen molar-refractivity contribution in [2.24, 2.45) is 7.05 Å². The lowest BCUT2D eigenvalue weighted by Crippen LogP contribution is -2.16. The van der Waals surface area contributed by atoms with Crippen molar-refractivity contribution in [3.63, 3.8) is 0 Å². The molecule has 0 fully saturated rings. The van der Waals surface area contributed by atoms with E-state index < -0.39 is 0 Å². The number of anilines is 1. The Morgan fingerprint density at radius 1 is 1.13 bits per heavy atom. The van der Waals surface area contributed by atoms with Crippen LogP contribution in [-0.2, 0) is 18.4 Å². The molecule has 1 N–H and O–H groups in total. The van der Waals surface area contributed by atoms with E-state index in [2.05, 4.69) is 32.1 Å². The zero-order valence-electron chi connectivity index (χ0n) is 18.5. The van der Waals surface area contributed by atoms with Crippen LogP contribution in [0.3, 0.4) is 0 Å². The van der Waals surface area contributed by atoms with Crippen molar-refractivity contribution in [2.75, 3.05) is 11.1 Å². The van der Waals surface area contributed by atoms with Crippen molar-refractivity contribution in [1.82, 2.24) is 24.5 Å². The Morgan fingerprint density at radius 3 is 2.52 bits per heavy atom. The molecule has 1 amide bonds. The Kier molecular flexibility index (Phi) is 8.15. The van der Waals surface area contributed by atoms with E-state index in [1.54, 1.807) is 4.68 Å². The molecular weight excluding hydrogens is 432 g/mol. The summed E-state index contributed by atoms with van der Waals surface area (Å²) in [6.45, 7) is 6.84.